The van der Waals surface area contributed by atoms with Gasteiger partial charge in [0.1, 0.15) is 5.82 Å². The van der Waals surface area contributed by atoms with Gasteiger partial charge < -0.3 is 10.0 Å². The van der Waals surface area contributed by atoms with Gasteiger partial charge in [-0.1, -0.05) is 6.07 Å². The zero-order valence-electron chi connectivity index (χ0n) is 11.8. The molecule has 0 unspecified atom stereocenters. The number of rotatable bonds is 4. The third-order valence-electron chi connectivity index (χ3n) is 3.44. The van der Waals surface area contributed by atoms with Gasteiger partial charge in [0.25, 0.3) is 0 Å². The van der Waals surface area contributed by atoms with Gasteiger partial charge in [0.15, 0.2) is 0 Å². The Kier molecular flexibility index (Phi) is 4.70. The number of nitrogens with zero attached hydrogens (tertiary/aromatic N) is 2. The van der Waals surface area contributed by atoms with E-state index in [1.165, 1.54) is 18.2 Å². The van der Waals surface area contributed by atoms with Crippen LogP contribution in [-0.2, 0) is 16.1 Å². The molecule has 0 radical (unpaired) electrons. The fraction of sp³-hybridized carbons (Fsp3) is 0.333. The van der Waals surface area contributed by atoms with Crippen LogP contribution < -0.4 is 0 Å². The smallest absolute Gasteiger partial charge is 0.328 e. The minimum absolute atomic E-state index is 0.0472. The summed E-state index contributed by atoms with van der Waals surface area (Å²) in [4.78, 5) is 25.9. The fourth-order valence-corrected chi connectivity index (χ4v) is 2.21. The predicted molar refractivity (Wildman–Crippen MR) is 76.0 cm³/mol. The van der Waals surface area contributed by atoms with Crippen molar-refractivity contribution in [1.82, 2.24) is 9.80 Å². The van der Waals surface area contributed by atoms with Crippen LogP contribution >= 0.6 is 0 Å². The van der Waals surface area contributed by atoms with Crippen LogP contribution in [0.1, 0.15) is 11.1 Å². The summed E-state index contributed by atoms with van der Waals surface area (Å²) in [6, 6.07) is 4.26. The zero-order valence-corrected chi connectivity index (χ0v) is 11.8. The number of benzene rings is 1. The van der Waals surface area contributed by atoms with E-state index < -0.39 is 11.8 Å². The summed E-state index contributed by atoms with van der Waals surface area (Å²) in [5, 5.41) is 8.68. The standard InChI is InChI=1S/C15H17FN2O3/c1-17-6-7-18(10-14(17)19)9-12-2-4-13(16)8-11(12)3-5-15(20)21/h2-5,8H,6-7,9-10H2,1H3,(H,20,21). The number of carbonyl (C=O) groups excluding carboxylic acids is 1. The highest BCUT2D eigenvalue weighted by Gasteiger charge is 2.21. The van der Waals surface area contributed by atoms with Crippen molar-refractivity contribution in [2.45, 2.75) is 6.54 Å². The average molecular weight is 292 g/mol. The summed E-state index contributed by atoms with van der Waals surface area (Å²) < 4.78 is 13.3. The molecule has 1 aromatic rings. The number of carbonyl (C=O) groups is 2. The second kappa shape index (κ2) is 6.49. The van der Waals surface area contributed by atoms with Crippen molar-refractivity contribution in [3.63, 3.8) is 0 Å². The summed E-state index contributed by atoms with van der Waals surface area (Å²) in [5.41, 5.74) is 1.31. The van der Waals surface area contributed by atoms with Crippen LogP contribution in [0.4, 0.5) is 4.39 Å². The molecular weight excluding hydrogens is 275 g/mol. The highest BCUT2D eigenvalue weighted by atomic mass is 19.1. The van der Waals surface area contributed by atoms with Crippen LogP contribution in [0.15, 0.2) is 24.3 Å². The van der Waals surface area contributed by atoms with E-state index in [4.69, 9.17) is 5.11 Å². The first-order valence-electron chi connectivity index (χ1n) is 6.61. The molecule has 0 aliphatic carbocycles. The van der Waals surface area contributed by atoms with E-state index >= 15 is 0 Å². The number of hydrogen-bond donors (Lipinski definition) is 1. The minimum atomic E-state index is -1.08. The molecule has 1 heterocycles. The highest BCUT2D eigenvalue weighted by molar-refractivity contribution is 5.85. The summed E-state index contributed by atoms with van der Waals surface area (Å²) in [7, 11) is 1.76. The van der Waals surface area contributed by atoms with Gasteiger partial charge >= 0.3 is 5.97 Å². The summed E-state index contributed by atoms with van der Waals surface area (Å²) in [6.07, 6.45) is 2.35. The molecular formula is C15H17FN2O3. The molecule has 21 heavy (non-hydrogen) atoms. The Labute approximate surface area is 122 Å². The Morgan fingerprint density at radius 2 is 2.19 bits per heavy atom. The van der Waals surface area contributed by atoms with Crippen molar-refractivity contribution in [3.8, 4) is 0 Å². The number of aliphatic carboxylic acids is 1. The molecule has 1 aromatic carbocycles. The maximum absolute atomic E-state index is 13.3. The number of carboxylic acids is 1. The molecule has 6 heteroatoms. The molecule has 0 atom stereocenters. The number of amides is 1. The van der Waals surface area contributed by atoms with Crippen LogP contribution in [-0.4, -0.2) is 53.5 Å². The summed E-state index contributed by atoms with van der Waals surface area (Å²) in [6.45, 7) is 2.19. The van der Waals surface area contributed by atoms with Crippen molar-refractivity contribution < 1.29 is 19.1 Å². The highest BCUT2D eigenvalue weighted by Crippen LogP contribution is 2.17. The van der Waals surface area contributed by atoms with E-state index in [9.17, 15) is 14.0 Å². The Morgan fingerprint density at radius 3 is 2.86 bits per heavy atom. The van der Waals surface area contributed by atoms with Gasteiger partial charge in [0.2, 0.25) is 5.91 Å². The van der Waals surface area contributed by atoms with Crippen LogP contribution in [0, 0.1) is 5.82 Å². The van der Waals surface area contributed by atoms with Gasteiger partial charge in [-0.05, 0) is 29.3 Å². The molecule has 1 fully saturated rings. The van der Waals surface area contributed by atoms with Crippen LogP contribution in [0.2, 0.25) is 0 Å². The normalized spacial score (nSPS) is 16.7. The van der Waals surface area contributed by atoms with Crippen molar-refractivity contribution in [2.24, 2.45) is 0 Å². The Balaban J connectivity index is 2.16. The zero-order chi connectivity index (χ0) is 15.4. The van der Waals surface area contributed by atoms with E-state index in [2.05, 4.69) is 0 Å². The third kappa shape index (κ3) is 4.13. The van der Waals surface area contributed by atoms with Gasteiger partial charge in [-0.25, -0.2) is 9.18 Å². The van der Waals surface area contributed by atoms with Gasteiger partial charge in [0, 0.05) is 32.8 Å². The molecule has 1 saturated heterocycles. The first kappa shape index (κ1) is 15.2. The molecule has 5 nitrogen and oxygen atoms in total. The Bertz CT molecular complexity index is 586. The molecule has 0 spiro atoms. The SMILES string of the molecule is CN1CCN(Cc2ccc(F)cc2C=CC(=O)O)CC1=O. The Morgan fingerprint density at radius 1 is 1.43 bits per heavy atom. The number of carboxylic acid groups (broad SMARTS) is 1. The van der Waals surface area contributed by atoms with E-state index in [0.717, 1.165) is 18.2 Å². The number of likely N-dealkylation sites (N-methyl/N-ethyl adjacent to an activating group) is 1. The van der Waals surface area contributed by atoms with Crippen molar-refractivity contribution in [3.05, 3.63) is 41.2 Å². The maximum atomic E-state index is 13.3. The average Bonchev–Trinajstić information content (AvgIpc) is 2.43. The summed E-state index contributed by atoms with van der Waals surface area (Å²) in [5.74, 6) is -1.45. The second-order valence-electron chi connectivity index (χ2n) is 5.04. The van der Waals surface area contributed by atoms with Crippen LogP contribution in [0.25, 0.3) is 6.08 Å². The lowest BCUT2D eigenvalue weighted by atomic mass is 10.1. The lowest BCUT2D eigenvalue weighted by molar-refractivity contribution is -0.134. The largest absolute Gasteiger partial charge is 0.478 e. The molecule has 1 aliphatic heterocycles. The van der Waals surface area contributed by atoms with E-state index in [0.29, 0.717) is 25.2 Å². The van der Waals surface area contributed by atoms with Gasteiger partial charge in [-0.2, -0.15) is 0 Å². The summed E-state index contributed by atoms with van der Waals surface area (Å²) >= 11 is 0. The number of piperazine rings is 1. The van der Waals surface area contributed by atoms with Crippen LogP contribution in [0.5, 0.6) is 0 Å². The van der Waals surface area contributed by atoms with Gasteiger partial charge in [-0.15, -0.1) is 0 Å². The molecule has 1 amide bonds. The van der Waals surface area contributed by atoms with Crippen molar-refractivity contribution >= 4 is 18.0 Å². The second-order valence-corrected chi connectivity index (χ2v) is 5.04. The Hall–Kier alpha value is -2.21. The molecule has 1 aliphatic rings. The lowest BCUT2D eigenvalue weighted by Crippen LogP contribution is -2.48. The molecule has 1 N–H and O–H groups in total. The maximum Gasteiger partial charge on any atom is 0.328 e. The third-order valence-corrected chi connectivity index (χ3v) is 3.44. The number of hydrogen-bond acceptors (Lipinski definition) is 3. The molecule has 0 bridgehead atoms. The van der Waals surface area contributed by atoms with E-state index in [1.54, 1.807) is 18.0 Å². The monoisotopic (exact) mass is 292 g/mol. The number of halogens is 1. The van der Waals surface area contributed by atoms with E-state index in [-0.39, 0.29) is 5.91 Å². The minimum Gasteiger partial charge on any atom is -0.478 e. The topological polar surface area (TPSA) is 60.9 Å². The first-order chi connectivity index (χ1) is 9.95. The predicted octanol–water partition coefficient (Wildman–Crippen LogP) is 1.20. The molecule has 112 valence electrons. The van der Waals surface area contributed by atoms with E-state index in [1.807, 2.05) is 4.90 Å². The van der Waals surface area contributed by atoms with Gasteiger partial charge in [-0.3, -0.25) is 9.69 Å². The lowest BCUT2D eigenvalue weighted by Gasteiger charge is -2.32. The van der Waals surface area contributed by atoms with Crippen LogP contribution in [0.3, 0.4) is 0 Å². The molecule has 0 saturated carbocycles. The fourth-order valence-electron chi connectivity index (χ4n) is 2.21. The first-order valence-corrected chi connectivity index (χ1v) is 6.61. The molecule has 2 rings (SSSR count). The van der Waals surface area contributed by atoms with Crippen molar-refractivity contribution in [2.75, 3.05) is 26.7 Å². The quantitative estimate of drug-likeness (QED) is 0.847. The van der Waals surface area contributed by atoms with Crippen molar-refractivity contribution in [1.29, 1.82) is 0 Å². The van der Waals surface area contributed by atoms with Gasteiger partial charge in [0.05, 0.1) is 6.54 Å². The molecule has 0 aromatic heterocycles.